The minimum Gasteiger partial charge on any atom is -0.378 e. The summed E-state index contributed by atoms with van der Waals surface area (Å²) in [7, 11) is 0.331. The number of hydrogen-bond donors (Lipinski definition) is 0. The van der Waals surface area contributed by atoms with Gasteiger partial charge in [0.05, 0.1) is 17.5 Å². The first-order chi connectivity index (χ1) is 19.4. The second-order valence-corrected chi connectivity index (χ2v) is 13.1. The first-order valence-corrected chi connectivity index (χ1v) is 15.9. The highest BCUT2D eigenvalue weighted by Crippen LogP contribution is 2.32. The van der Waals surface area contributed by atoms with E-state index in [1.807, 2.05) is 49.3 Å². The van der Waals surface area contributed by atoms with Crippen molar-refractivity contribution in [2.24, 2.45) is 0 Å². The van der Waals surface area contributed by atoms with Crippen molar-refractivity contribution in [2.75, 3.05) is 45.3 Å². The second-order valence-electron chi connectivity index (χ2n) is 11.2. The van der Waals surface area contributed by atoms with E-state index < -0.39 is 10.0 Å². The van der Waals surface area contributed by atoms with Gasteiger partial charge >= 0.3 is 0 Å². The van der Waals surface area contributed by atoms with Gasteiger partial charge in [-0.15, -0.1) is 0 Å². The highest BCUT2D eigenvalue weighted by Gasteiger charge is 2.35. The molecule has 40 heavy (non-hydrogen) atoms. The third-order valence-electron chi connectivity index (χ3n) is 8.31. The minimum absolute atomic E-state index is 0.0251. The number of rotatable bonds is 8. The molecule has 0 radical (unpaired) electrons. The van der Waals surface area contributed by atoms with E-state index in [0.29, 0.717) is 18.0 Å². The van der Waals surface area contributed by atoms with E-state index in [4.69, 9.17) is 4.74 Å². The van der Waals surface area contributed by atoms with Gasteiger partial charge < -0.3 is 14.5 Å². The summed E-state index contributed by atoms with van der Waals surface area (Å²) in [4.78, 5) is 17.8. The maximum atomic E-state index is 13.9. The molecular weight excluding hydrogens is 522 g/mol. The lowest BCUT2D eigenvalue weighted by molar-refractivity contribution is -0.139. The zero-order chi connectivity index (χ0) is 28.1. The standard InChI is InChI=1S/C32H41N3O4S/c1-33(2)27-19-17-26(18-20-27)30-15-4-3-8-21-34(30)32(36)24-39-23-28-13-7-9-22-35(28)40(37,38)31-16-10-12-25-11-5-6-14-29(25)31/h5-6,10-12,14,16-20,28,30H,3-4,7-9,13,15,21-24H2,1-2H3. The Bertz CT molecular complexity index is 1400. The molecule has 2 fully saturated rings. The fourth-order valence-corrected chi connectivity index (χ4v) is 8.01. The first-order valence-electron chi connectivity index (χ1n) is 14.5. The molecule has 2 aliphatic heterocycles. The summed E-state index contributed by atoms with van der Waals surface area (Å²) in [6.45, 7) is 1.36. The van der Waals surface area contributed by atoms with Crippen molar-refractivity contribution >= 4 is 32.4 Å². The van der Waals surface area contributed by atoms with Crippen molar-refractivity contribution < 1.29 is 17.9 Å². The van der Waals surface area contributed by atoms with E-state index in [0.717, 1.165) is 67.0 Å². The number of ether oxygens (including phenoxy) is 1. The zero-order valence-electron chi connectivity index (χ0n) is 23.7. The topological polar surface area (TPSA) is 70.2 Å². The third-order valence-corrected chi connectivity index (χ3v) is 10.3. The fourth-order valence-electron chi connectivity index (χ4n) is 6.12. The van der Waals surface area contributed by atoms with Crippen molar-refractivity contribution in [3.05, 3.63) is 72.3 Å². The van der Waals surface area contributed by atoms with Crippen LogP contribution in [0.1, 0.15) is 56.6 Å². The Hall–Kier alpha value is -2.94. The van der Waals surface area contributed by atoms with Gasteiger partial charge in [0.25, 0.3) is 0 Å². The molecule has 2 aliphatic rings. The Labute approximate surface area is 238 Å². The van der Waals surface area contributed by atoms with Crippen molar-refractivity contribution in [1.82, 2.24) is 9.21 Å². The zero-order valence-corrected chi connectivity index (χ0v) is 24.5. The summed E-state index contributed by atoms with van der Waals surface area (Å²) in [5, 5.41) is 1.64. The maximum absolute atomic E-state index is 13.9. The second kappa shape index (κ2) is 12.7. The lowest BCUT2D eigenvalue weighted by Crippen LogP contribution is -2.46. The Balaban J connectivity index is 1.27. The molecule has 1 amide bonds. The van der Waals surface area contributed by atoms with Crippen LogP contribution in [0, 0.1) is 0 Å². The van der Waals surface area contributed by atoms with Gasteiger partial charge in [-0.25, -0.2) is 8.42 Å². The molecule has 0 bridgehead atoms. The van der Waals surface area contributed by atoms with E-state index in [1.165, 1.54) is 0 Å². The van der Waals surface area contributed by atoms with Crippen LogP contribution in [-0.2, 0) is 19.6 Å². The molecule has 2 saturated heterocycles. The molecule has 5 rings (SSSR count). The number of anilines is 1. The predicted octanol–water partition coefficient (Wildman–Crippen LogP) is 5.61. The van der Waals surface area contributed by atoms with Gasteiger partial charge in [0.1, 0.15) is 6.61 Å². The molecule has 2 heterocycles. The monoisotopic (exact) mass is 563 g/mol. The molecule has 3 aromatic rings. The Morgan fingerprint density at radius 3 is 2.40 bits per heavy atom. The molecule has 0 N–H and O–H groups in total. The summed E-state index contributed by atoms with van der Waals surface area (Å²) in [5.74, 6) is -0.0251. The van der Waals surface area contributed by atoms with Gasteiger partial charge in [-0.3, -0.25) is 4.79 Å². The molecule has 2 unspecified atom stereocenters. The largest absolute Gasteiger partial charge is 0.378 e. The van der Waals surface area contributed by atoms with E-state index in [1.54, 1.807) is 16.4 Å². The highest BCUT2D eigenvalue weighted by atomic mass is 32.2. The molecule has 8 heteroatoms. The number of sulfonamides is 1. The van der Waals surface area contributed by atoms with Gasteiger partial charge in [-0.05, 0) is 54.8 Å². The molecule has 0 aliphatic carbocycles. The van der Waals surface area contributed by atoms with Crippen molar-refractivity contribution in [1.29, 1.82) is 0 Å². The number of amides is 1. The number of fused-ring (bicyclic) bond motifs is 1. The number of benzene rings is 3. The van der Waals surface area contributed by atoms with Crippen LogP contribution in [0.5, 0.6) is 0 Å². The number of hydrogen-bond acceptors (Lipinski definition) is 5. The average Bonchev–Trinajstić information content (AvgIpc) is 3.23. The normalized spacial score (nSPS) is 20.8. The van der Waals surface area contributed by atoms with E-state index >= 15 is 0 Å². The van der Waals surface area contributed by atoms with E-state index in [2.05, 4.69) is 29.2 Å². The van der Waals surface area contributed by atoms with Crippen molar-refractivity contribution in [2.45, 2.75) is 61.9 Å². The Morgan fingerprint density at radius 2 is 1.60 bits per heavy atom. The number of carbonyl (C=O) groups is 1. The van der Waals surface area contributed by atoms with Gasteiger partial charge in [0.2, 0.25) is 15.9 Å². The van der Waals surface area contributed by atoms with Crippen LogP contribution in [0.25, 0.3) is 10.8 Å². The average molecular weight is 564 g/mol. The predicted molar refractivity (Wildman–Crippen MR) is 160 cm³/mol. The van der Waals surface area contributed by atoms with Gasteiger partial charge in [0, 0.05) is 44.3 Å². The lowest BCUT2D eigenvalue weighted by atomic mass is 10.0. The van der Waals surface area contributed by atoms with Crippen LogP contribution in [0.15, 0.2) is 71.6 Å². The molecule has 0 saturated carbocycles. The van der Waals surface area contributed by atoms with Crippen LogP contribution in [0.4, 0.5) is 5.69 Å². The summed E-state index contributed by atoms with van der Waals surface area (Å²) in [6, 6.07) is 21.2. The van der Waals surface area contributed by atoms with Crippen LogP contribution in [0.3, 0.4) is 0 Å². The third kappa shape index (κ3) is 6.19. The highest BCUT2D eigenvalue weighted by molar-refractivity contribution is 7.89. The molecule has 214 valence electrons. The molecule has 0 spiro atoms. The van der Waals surface area contributed by atoms with E-state index in [-0.39, 0.29) is 31.2 Å². The molecular formula is C32H41N3O4S. The summed E-state index contributed by atoms with van der Waals surface area (Å²) in [5.41, 5.74) is 2.29. The molecule has 2 atom stereocenters. The van der Waals surface area contributed by atoms with Crippen molar-refractivity contribution in [3.8, 4) is 0 Å². The Morgan fingerprint density at radius 1 is 0.875 bits per heavy atom. The fraction of sp³-hybridized carbons (Fsp3) is 0.469. The van der Waals surface area contributed by atoms with Gasteiger partial charge in [0.15, 0.2) is 0 Å². The minimum atomic E-state index is -3.71. The smallest absolute Gasteiger partial charge is 0.249 e. The lowest BCUT2D eigenvalue weighted by Gasteiger charge is -2.35. The van der Waals surface area contributed by atoms with Crippen LogP contribution in [0.2, 0.25) is 0 Å². The van der Waals surface area contributed by atoms with Crippen LogP contribution >= 0.6 is 0 Å². The molecule has 0 aromatic heterocycles. The molecule has 3 aromatic carbocycles. The van der Waals surface area contributed by atoms with E-state index in [9.17, 15) is 13.2 Å². The van der Waals surface area contributed by atoms with Crippen LogP contribution in [-0.4, -0.2) is 70.0 Å². The summed E-state index contributed by atoms with van der Waals surface area (Å²) >= 11 is 0. The number of carbonyl (C=O) groups excluding carboxylic acids is 1. The van der Waals surface area contributed by atoms with Crippen molar-refractivity contribution in [3.63, 3.8) is 0 Å². The Kier molecular flexibility index (Phi) is 9.08. The molecule has 7 nitrogen and oxygen atoms in total. The first kappa shape index (κ1) is 28.6. The number of likely N-dealkylation sites (tertiary alicyclic amines) is 1. The van der Waals surface area contributed by atoms with Gasteiger partial charge in [-0.2, -0.15) is 4.31 Å². The van der Waals surface area contributed by atoms with Crippen LogP contribution < -0.4 is 4.90 Å². The number of piperidine rings is 1. The van der Waals surface area contributed by atoms with Gasteiger partial charge in [-0.1, -0.05) is 67.8 Å². The maximum Gasteiger partial charge on any atom is 0.249 e. The SMILES string of the molecule is CN(C)c1ccc(C2CCCCCN2C(=O)COCC2CCCCN2S(=O)(=O)c2cccc3ccccc23)cc1. The number of nitrogens with zero attached hydrogens (tertiary/aromatic N) is 3. The summed E-state index contributed by atoms with van der Waals surface area (Å²) < 4.78 is 35.3. The quantitative estimate of drug-likeness (QED) is 0.356. The summed E-state index contributed by atoms with van der Waals surface area (Å²) in [6.07, 6.45) is 6.61.